The minimum atomic E-state index is -0.995. The topological polar surface area (TPSA) is 114 Å². The molecule has 0 bridgehead atoms. The first-order chi connectivity index (χ1) is 20.7. The molecule has 5 aromatic rings. The average Bonchev–Trinajstić information content (AvgIpc) is 3.57. The van der Waals surface area contributed by atoms with Gasteiger partial charge in [0.05, 0.1) is 27.4 Å². The molecule has 0 aliphatic carbocycles. The van der Waals surface area contributed by atoms with Crippen molar-refractivity contribution < 1.29 is 19.1 Å². The van der Waals surface area contributed by atoms with Crippen molar-refractivity contribution in [2.45, 2.75) is 26.8 Å². The van der Waals surface area contributed by atoms with E-state index in [1.54, 1.807) is 41.8 Å². The predicted octanol–water partition coefficient (Wildman–Crippen LogP) is 5.45. The van der Waals surface area contributed by atoms with E-state index >= 15 is 0 Å². The second-order valence-corrected chi connectivity index (χ2v) is 11.4. The molecule has 1 atom stereocenters. The first-order valence-corrected chi connectivity index (χ1v) is 14.4. The van der Waals surface area contributed by atoms with Gasteiger partial charge in [0.15, 0.2) is 4.80 Å². The molecule has 8 nitrogen and oxygen atoms in total. The summed E-state index contributed by atoms with van der Waals surface area (Å²) in [6, 6.07) is 24.7. The molecule has 1 aliphatic rings. The minimum Gasteiger partial charge on any atom is -0.478 e. The Balaban J connectivity index is 1.43. The molecule has 3 aromatic carbocycles. The SMILES string of the molecule is CC1=C(C(=O)Nc2ccccc2)[C@@H](c2ccc(C)cc2)n2c(s/c(=C\c3ccc(-c4ccc(C(=O)O)cc4C)o3)c2=O)=N1. The number of hydrogen-bond donors (Lipinski definition) is 2. The van der Waals surface area contributed by atoms with E-state index in [0.29, 0.717) is 37.8 Å². The number of amides is 1. The van der Waals surface area contributed by atoms with Crippen LogP contribution < -0.4 is 20.2 Å². The van der Waals surface area contributed by atoms with E-state index in [4.69, 9.17) is 9.41 Å². The maximum absolute atomic E-state index is 14.0. The zero-order valence-electron chi connectivity index (χ0n) is 23.6. The first kappa shape index (κ1) is 27.9. The van der Waals surface area contributed by atoms with Crippen molar-refractivity contribution in [2.75, 3.05) is 5.32 Å². The molecule has 0 radical (unpaired) electrons. The van der Waals surface area contributed by atoms with Crippen LogP contribution in [-0.4, -0.2) is 21.6 Å². The van der Waals surface area contributed by atoms with Crippen LogP contribution in [-0.2, 0) is 4.79 Å². The van der Waals surface area contributed by atoms with Crippen LogP contribution in [0.25, 0.3) is 17.4 Å². The maximum Gasteiger partial charge on any atom is 0.335 e. The van der Waals surface area contributed by atoms with Gasteiger partial charge < -0.3 is 14.8 Å². The Bertz CT molecular complexity index is 2100. The zero-order chi connectivity index (χ0) is 30.2. The lowest BCUT2D eigenvalue weighted by atomic mass is 9.94. The Morgan fingerprint density at radius 3 is 2.42 bits per heavy atom. The normalized spacial score (nSPS) is 14.8. The van der Waals surface area contributed by atoms with E-state index in [0.717, 1.165) is 22.3 Å². The lowest BCUT2D eigenvalue weighted by Gasteiger charge is -2.25. The van der Waals surface area contributed by atoms with Gasteiger partial charge in [0.25, 0.3) is 11.5 Å². The summed E-state index contributed by atoms with van der Waals surface area (Å²) >= 11 is 1.23. The fourth-order valence-corrected chi connectivity index (χ4v) is 6.20. The molecule has 2 aromatic heterocycles. The number of rotatable bonds is 6. The van der Waals surface area contributed by atoms with Crippen molar-refractivity contribution in [1.82, 2.24) is 4.57 Å². The van der Waals surface area contributed by atoms with Gasteiger partial charge in [-0.25, -0.2) is 9.79 Å². The molecule has 1 aliphatic heterocycles. The molecule has 1 amide bonds. The van der Waals surface area contributed by atoms with Crippen molar-refractivity contribution in [3.63, 3.8) is 0 Å². The Morgan fingerprint density at radius 2 is 1.72 bits per heavy atom. The van der Waals surface area contributed by atoms with Gasteiger partial charge >= 0.3 is 5.97 Å². The summed E-state index contributed by atoms with van der Waals surface area (Å²) in [5, 5.41) is 12.2. The highest BCUT2D eigenvalue weighted by atomic mass is 32.1. The molecular weight excluding hydrogens is 562 g/mol. The molecule has 0 saturated heterocycles. The summed E-state index contributed by atoms with van der Waals surface area (Å²) in [4.78, 5) is 44.1. The Morgan fingerprint density at radius 1 is 0.977 bits per heavy atom. The highest BCUT2D eigenvalue weighted by Gasteiger charge is 2.32. The summed E-state index contributed by atoms with van der Waals surface area (Å²) in [7, 11) is 0. The lowest BCUT2D eigenvalue weighted by molar-refractivity contribution is -0.113. The number of hydrogen-bond acceptors (Lipinski definition) is 6. The van der Waals surface area contributed by atoms with Crippen LogP contribution in [0.3, 0.4) is 0 Å². The average molecular weight is 590 g/mol. The molecule has 9 heteroatoms. The number of aryl methyl sites for hydroxylation is 2. The van der Waals surface area contributed by atoms with Crippen molar-refractivity contribution >= 4 is 35.0 Å². The van der Waals surface area contributed by atoms with E-state index < -0.39 is 12.0 Å². The van der Waals surface area contributed by atoms with Gasteiger partial charge in [-0.3, -0.25) is 14.2 Å². The number of carboxylic acids is 1. The second kappa shape index (κ2) is 11.2. The number of anilines is 1. The number of allylic oxidation sites excluding steroid dienone is 1. The van der Waals surface area contributed by atoms with Gasteiger partial charge in [-0.15, -0.1) is 0 Å². The van der Waals surface area contributed by atoms with Crippen LogP contribution in [0, 0.1) is 13.8 Å². The van der Waals surface area contributed by atoms with Crippen LogP contribution in [0.5, 0.6) is 0 Å². The molecule has 0 fully saturated rings. The predicted molar refractivity (Wildman–Crippen MR) is 166 cm³/mol. The fourth-order valence-electron chi connectivity index (χ4n) is 5.17. The number of furan rings is 1. The number of thiazole rings is 1. The summed E-state index contributed by atoms with van der Waals surface area (Å²) in [5.74, 6) is -0.300. The van der Waals surface area contributed by atoms with Crippen molar-refractivity contribution in [2.24, 2.45) is 4.99 Å². The van der Waals surface area contributed by atoms with E-state index in [9.17, 15) is 19.5 Å². The summed E-state index contributed by atoms with van der Waals surface area (Å²) in [6.07, 6.45) is 1.67. The Kier molecular flexibility index (Phi) is 7.25. The molecule has 0 spiro atoms. The molecule has 214 valence electrons. The van der Waals surface area contributed by atoms with Gasteiger partial charge in [-0.05, 0) is 68.3 Å². The number of nitrogens with zero attached hydrogens (tertiary/aromatic N) is 2. The third kappa shape index (κ3) is 5.38. The van der Waals surface area contributed by atoms with E-state index in [-0.39, 0.29) is 17.0 Å². The number of aromatic carboxylic acids is 1. The molecule has 6 rings (SSSR count). The highest BCUT2D eigenvalue weighted by Crippen LogP contribution is 2.31. The summed E-state index contributed by atoms with van der Waals surface area (Å²) in [6.45, 7) is 5.59. The fraction of sp³-hybridized carbons (Fsp3) is 0.118. The number of aromatic nitrogens is 1. The van der Waals surface area contributed by atoms with E-state index in [1.807, 2.05) is 68.4 Å². The van der Waals surface area contributed by atoms with Crippen molar-refractivity contribution in [1.29, 1.82) is 0 Å². The highest BCUT2D eigenvalue weighted by molar-refractivity contribution is 7.07. The number of carbonyl (C=O) groups excluding carboxylic acids is 1. The summed E-state index contributed by atoms with van der Waals surface area (Å²) in [5.41, 5.74) is 4.87. The third-order valence-electron chi connectivity index (χ3n) is 7.33. The molecule has 0 saturated carbocycles. The van der Waals surface area contributed by atoms with Crippen LogP contribution in [0.4, 0.5) is 5.69 Å². The second-order valence-electron chi connectivity index (χ2n) is 10.3. The minimum absolute atomic E-state index is 0.199. The molecular formula is C34H27N3O5S. The van der Waals surface area contributed by atoms with Gasteiger partial charge in [0, 0.05) is 17.3 Å². The number of nitrogens with one attached hydrogen (secondary N) is 1. The van der Waals surface area contributed by atoms with Crippen LogP contribution in [0.1, 0.15) is 45.8 Å². The first-order valence-electron chi connectivity index (χ1n) is 13.6. The number of benzene rings is 3. The quantitative estimate of drug-likeness (QED) is 0.274. The van der Waals surface area contributed by atoms with Crippen LogP contribution in [0.2, 0.25) is 0 Å². The molecule has 3 heterocycles. The van der Waals surface area contributed by atoms with Crippen LogP contribution >= 0.6 is 11.3 Å². The number of carbonyl (C=O) groups is 2. The molecule has 2 N–H and O–H groups in total. The summed E-state index contributed by atoms with van der Waals surface area (Å²) < 4.78 is 8.05. The van der Waals surface area contributed by atoms with Crippen molar-refractivity contribution in [3.05, 3.63) is 144 Å². The van der Waals surface area contributed by atoms with Gasteiger partial charge in [-0.1, -0.05) is 65.4 Å². The van der Waals surface area contributed by atoms with Gasteiger partial charge in [-0.2, -0.15) is 0 Å². The zero-order valence-corrected chi connectivity index (χ0v) is 24.4. The largest absolute Gasteiger partial charge is 0.478 e. The Labute approximate surface area is 250 Å². The standard InChI is InChI=1S/C34H27N3O5S/c1-19-9-11-22(12-10-19)30-29(31(38)36-24-7-5-4-6-8-24)21(3)35-34-37(30)32(39)28(43-34)18-25-14-16-27(42-25)26-15-13-23(33(40)41)17-20(26)2/h4-18,30H,1-3H3,(H,36,38)(H,40,41)/b28-18-/t30-/m1/s1. The van der Waals surface area contributed by atoms with Crippen molar-refractivity contribution in [3.8, 4) is 11.3 Å². The van der Waals surface area contributed by atoms with Gasteiger partial charge in [0.1, 0.15) is 11.5 Å². The maximum atomic E-state index is 14.0. The lowest BCUT2D eigenvalue weighted by Crippen LogP contribution is -2.40. The smallest absolute Gasteiger partial charge is 0.335 e. The van der Waals surface area contributed by atoms with E-state index in [2.05, 4.69) is 5.32 Å². The number of fused-ring (bicyclic) bond motifs is 1. The van der Waals surface area contributed by atoms with Crippen LogP contribution in [0.15, 0.2) is 110 Å². The van der Waals surface area contributed by atoms with E-state index in [1.165, 1.54) is 17.4 Å². The van der Waals surface area contributed by atoms with Gasteiger partial charge in [0.2, 0.25) is 0 Å². The molecule has 0 unspecified atom stereocenters. The Hall–Kier alpha value is -5.28. The number of carboxylic acid groups (broad SMARTS) is 1. The number of para-hydroxylation sites is 1. The molecule has 43 heavy (non-hydrogen) atoms. The third-order valence-corrected chi connectivity index (χ3v) is 8.31. The monoisotopic (exact) mass is 589 g/mol.